The third-order valence-corrected chi connectivity index (χ3v) is 5.22. The molecule has 2 aromatic heterocycles. The van der Waals surface area contributed by atoms with Gasteiger partial charge in [0.2, 0.25) is 5.91 Å². The van der Waals surface area contributed by atoms with Gasteiger partial charge in [-0.1, -0.05) is 0 Å². The van der Waals surface area contributed by atoms with Crippen LogP contribution in [0.1, 0.15) is 12.8 Å². The molecule has 1 fully saturated rings. The fourth-order valence-electron chi connectivity index (χ4n) is 3.70. The molecule has 3 aromatic rings. The molecule has 10 nitrogen and oxygen atoms in total. The highest BCUT2D eigenvalue weighted by Gasteiger charge is 2.27. The zero-order valence-electron chi connectivity index (χ0n) is 16.3. The Morgan fingerprint density at radius 3 is 2.70 bits per heavy atom. The van der Waals surface area contributed by atoms with Crippen LogP contribution in [0.3, 0.4) is 0 Å². The maximum absolute atomic E-state index is 12.9. The molecule has 1 N–H and O–H groups in total. The van der Waals surface area contributed by atoms with Crippen LogP contribution < -0.4 is 19.7 Å². The first-order valence-electron chi connectivity index (χ1n) is 9.90. The number of hydrogen-bond donors (Lipinski definition) is 1. The minimum absolute atomic E-state index is 0.0106. The van der Waals surface area contributed by atoms with Gasteiger partial charge in [0.25, 0.3) is 0 Å². The van der Waals surface area contributed by atoms with Crippen molar-refractivity contribution in [3.63, 3.8) is 0 Å². The molecule has 1 amide bonds. The molecule has 0 radical (unpaired) electrons. The topological polar surface area (TPSA) is 107 Å². The second-order valence-electron chi connectivity index (χ2n) is 7.22. The number of ether oxygens (including phenoxy) is 2. The van der Waals surface area contributed by atoms with Gasteiger partial charge >= 0.3 is 0 Å². The number of anilines is 2. The van der Waals surface area contributed by atoms with Crippen LogP contribution in [0.4, 0.5) is 11.5 Å². The summed E-state index contributed by atoms with van der Waals surface area (Å²) in [6, 6.07) is 9.20. The summed E-state index contributed by atoms with van der Waals surface area (Å²) in [5.41, 5.74) is 0.707. The number of aromatic nitrogens is 5. The van der Waals surface area contributed by atoms with E-state index in [1.807, 2.05) is 24.3 Å². The van der Waals surface area contributed by atoms with E-state index in [0.717, 1.165) is 25.2 Å². The zero-order chi connectivity index (χ0) is 20.3. The van der Waals surface area contributed by atoms with E-state index in [4.69, 9.17) is 9.47 Å². The van der Waals surface area contributed by atoms with Crippen LogP contribution in [-0.2, 0) is 4.79 Å². The van der Waals surface area contributed by atoms with Gasteiger partial charge in [-0.2, -0.15) is 5.10 Å². The number of nitrogens with zero attached hydrogens (tertiary/aromatic N) is 6. The first-order chi connectivity index (χ1) is 14.8. The highest BCUT2D eigenvalue weighted by Crippen LogP contribution is 2.33. The van der Waals surface area contributed by atoms with Crippen LogP contribution in [-0.4, -0.2) is 57.2 Å². The van der Waals surface area contributed by atoms with Crippen molar-refractivity contribution in [2.45, 2.75) is 12.8 Å². The standard InChI is InChI=1S/C20H21N7O3/c28-20(23-15-3-4-16-17(10-15)30-9-8-29-16)14-2-1-7-26(11-14)18-5-6-19(25-24-18)27-13-21-12-22-27/h3-6,10,12-14H,1-2,7-9,11H2,(H,23,28). The molecule has 0 saturated carbocycles. The van der Waals surface area contributed by atoms with Gasteiger partial charge < -0.3 is 19.7 Å². The number of carbonyl (C=O) groups excluding carboxylic acids is 1. The lowest BCUT2D eigenvalue weighted by Crippen LogP contribution is -2.41. The number of carbonyl (C=O) groups is 1. The Bertz CT molecular complexity index is 1020. The minimum atomic E-state index is -0.135. The summed E-state index contributed by atoms with van der Waals surface area (Å²) in [7, 11) is 0. The Labute approximate surface area is 172 Å². The molecule has 10 heteroatoms. The zero-order valence-corrected chi connectivity index (χ0v) is 16.3. The Morgan fingerprint density at radius 1 is 1.07 bits per heavy atom. The number of benzene rings is 1. The summed E-state index contributed by atoms with van der Waals surface area (Å²) < 4.78 is 12.7. The summed E-state index contributed by atoms with van der Waals surface area (Å²) in [4.78, 5) is 18.9. The quantitative estimate of drug-likeness (QED) is 0.696. The molecule has 0 aliphatic carbocycles. The number of nitrogens with one attached hydrogen (secondary N) is 1. The molecule has 0 bridgehead atoms. The van der Waals surface area contributed by atoms with Crippen molar-refractivity contribution in [3.05, 3.63) is 43.0 Å². The summed E-state index contributed by atoms with van der Waals surface area (Å²) in [6.45, 7) is 2.48. The molecule has 2 aliphatic heterocycles. The summed E-state index contributed by atoms with van der Waals surface area (Å²) in [6.07, 6.45) is 4.76. The van der Waals surface area contributed by atoms with E-state index in [0.29, 0.717) is 42.8 Å². The van der Waals surface area contributed by atoms with E-state index in [1.165, 1.54) is 6.33 Å². The molecule has 1 aromatic carbocycles. The largest absolute Gasteiger partial charge is 0.486 e. The Morgan fingerprint density at radius 2 is 1.90 bits per heavy atom. The molecule has 1 unspecified atom stereocenters. The van der Waals surface area contributed by atoms with Crippen molar-refractivity contribution in [2.75, 3.05) is 36.5 Å². The van der Waals surface area contributed by atoms with Crippen molar-refractivity contribution in [1.82, 2.24) is 25.0 Å². The fourth-order valence-corrected chi connectivity index (χ4v) is 3.70. The predicted octanol–water partition coefficient (Wildman–Crippen LogP) is 1.68. The van der Waals surface area contributed by atoms with E-state index < -0.39 is 0 Å². The van der Waals surface area contributed by atoms with Crippen molar-refractivity contribution < 1.29 is 14.3 Å². The maximum Gasteiger partial charge on any atom is 0.229 e. The highest BCUT2D eigenvalue weighted by atomic mass is 16.6. The lowest BCUT2D eigenvalue weighted by atomic mass is 9.97. The first-order valence-corrected chi connectivity index (χ1v) is 9.90. The molecule has 2 aliphatic rings. The third kappa shape index (κ3) is 3.76. The van der Waals surface area contributed by atoms with Gasteiger partial charge in [0, 0.05) is 24.8 Å². The monoisotopic (exact) mass is 407 g/mol. The van der Waals surface area contributed by atoms with E-state index in [1.54, 1.807) is 17.1 Å². The molecule has 5 rings (SSSR count). The van der Waals surface area contributed by atoms with Gasteiger partial charge in [-0.25, -0.2) is 9.67 Å². The van der Waals surface area contributed by atoms with Crippen LogP contribution in [0.15, 0.2) is 43.0 Å². The van der Waals surface area contributed by atoms with Crippen molar-refractivity contribution in [2.24, 2.45) is 5.92 Å². The smallest absolute Gasteiger partial charge is 0.229 e. The van der Waals surface area contributed by atoms with E-state index >= 15 is 0 Å². The highest BCUT2D eigenvalue weighted by molar-refractivity contribution is 5.93. The van der Waals surface area contributed by atoms with Crippen LogP contribution in [0.2, 0.25) is 0 Å². The second-order valence-corrected chi connectivity index (χ2v) is 7.22. The molecule has 154 valence electrons. The minimum Gasteiger partial charge on any atom is -0.486 e. The molecule has 1 atom stereocenters. The second kappa shape index (κ2) is 7.97. The fraction of sp³-hybridized carbons (Fsp3) is 0.350. The summed E-state index contributed by atoms with van der Waals surface area (Å²) >= 11 is 0. The normalized spacial score (nSPS) is 18.1. The Hall–Kier alpha value is -3.69. The van der Waals surface area contributed by atoms with Crippen LogP contribution in [0.5, 0.6) is 11.5 Å². The van der Waals surface area contributed by atoms with Crippen LogP contribution in [0, 0.1) is 5.92 Å². The van der Waals surface area contributed by atoms with Crippen molar-refractivity contribution in [1.29, 1.82) is 0 Å². The average Bonchev–Trinajstić information content (AvgIpc) is 3.34. The van der Waals surface area contributed by atoms with Crippen LogP contribution in [0.25, 0.3) is 5.82 Å². The molecule has 30 heavy (non-hydrogen) atoms. The molecular formula is C20H21N7O3. The first kappa shape index (κ1) is 18.3. The average molecular weight is 407 g/mol. The molecular weight excluding hydrogens is 386 g/mol. The number of piperidine rings is 1. The van der Waals surface area contributed by atoms with E-state index in [9.17, 15) is 4.79 Å². The summed E-state index contributed by atoms with van der Waals surface area (Å²) in [5.74, 6) is 2.56. The molecule has 4 heterocycles. The van der Waals surface area contributed by atoms with Gasteiger partial charge in [0.15, 0.2) is 23.1 Å². The maximum atomic E-state index is 12.9. The number of amides is 1. The van der Waals surface area contributed by atoms with Gasteiger partial charge in [-0.15, -0.1) is 10.2 Å². The molecule has 1 saturated heterocycles. The Kier molecular flexibility index (Phi) is 4.88. The predicted molar refractivity (Wildman–Crippen MR) is 108 cm³/mol. The summed E-state index contributed by atoms with van der Waals surface area (Å²) in [5, 5.41) is 15.6. The lowest BCUT2D eigenvalue weighted by Gasteiger charge is -2.32. The van der Waals surface area contributed by atoms with Gasteiger partial charge in [0.1, 0.15) is 25.9 Å². The molecule has 0 spiro atoms. The van der Waals surface area contributed by atoms with Crippen molar-refractivity contribution in [3.8, 4) is 17.3 Å². The van der Waals surface area contributed by atoms with E-state index in [2.05, 4.69) is 30.5 Å². The van der Waals surface area contributed by atoms with Gasteiger partial charge in [-0.3, -0.25) is 4.79 Å². The lowest BCUT2D eigenvalue weighted by molar-refractivity contribution is -0.120. The Balaban J connectivity index is 1.24. The van der Waals surface area contributed by atoms with Crippen molar-refractivity contribution >= 4 is 17.4 Å². The van der Waals surface area contributed by atoms with Crippen LogP contribution >= 0.6 is 0 Å². The third-order valence-electron chi connectivity index (χ3n) is 5.22. The number of hydrogen-bond acceptors (Lipinski definition) is 8. The van der Waals surface area contributed by atoms with Gasteiger partial charge in [-0.05, 0) is 37.1 Å². The number of rotatable bonds is 4. The van der Waals surface area contributed by atoms with E-state index in [-0.39, 0.29) is 11.8 Å². The van der Waals surface area contributed by atoms with Gasteiger partial charge in [0.05, 0.1) is 5.92 Å². The SMILES string of the molecule is O=C(Nc1ccc2c(c1)OCCO2)C1CCCN(c2ccc(-n3cncn3)nn2)C1. The number of fused-ring (bicyclic) bond motifs is 1.